The summed E-state index contributed by atoms with van der Waals surface area (Å²) < 4.78 is 11.2. The molecular weight excluding hydrogens is 316 g/mol. The molecule has 5 nitrogen and oxygen atoms in total. The molecule has 0 aliphatic rings. The molecule has 116 valence electrons. The number of nitrogens with two attached hydrogens (primary N) is 1. The van der Waals surface area contributed by atoms with Gasteiger partial charge in [-0.05, 0) is 18.2 Å². The van der Waals surface area contributed by atoms with Crippen molar-refractivity contribution in [2.45, 2.75) is 6.61 Å². The summed E-state index contributed by atoms with van der Waals surface area (Å²) in [5, 5.41) is 0.411. The second-order valence-electron chi connectivity index (χ2n) is 4.78. The van der Waals surface area contributed by atoms with Crippen molar-refractivity contribution < 1.29 is 13.9 Å². The largest absolute Gasteiger partial charge is 0.483 e. The molecule has 0 unspecified atom stereocenters. The van der Waals surface area contributed by atoms with Gasteiger partial charge in [0.05, 0.1) is 11.8 Å². The zero-order chi connectivity index (χ0) is 16.2. The number of oxazole rings is 1. The molecule has 6 heteroatoms. The van der Waals surface area contributed by atoms with Crippen LogP contribution in [0.3, 0.4) is 0 Å². The topological polar surface area (TPSA) is 78.4 Å². The van der Waals surface area contributed by atoms with E-state index in [1.54, 1.807) is 18.3 Å². The van der Waals surface area contributed by atoms with E-state index < -0.39 is 5.91 Å². The number of primary amides is 1. The molecule has 0 aliphatic carbocycles. The first-order valence-electron chi connectivity index (χ1n) is 6.86. The minimum absolute atomic E-state index is 0.0781. The Hall–Kier alpha value is -2.79. The predicted octanol–water partition coefficient (Wildman–Crippen LogP) is 3.67. The highest BCUT2D eigenvalue weighted by Crippen LogP contribution is 2.24. The van der Waals surface area contributed by atoms with Gasteiger partial charge in [0.1, 0.15) is 5.75 Å². The van der Waals surface area contributed by atoms with Crippen molar-refractivity contribution in [3.63, 3.8) is 0 Å². The van der Waals surface area contributed by atoms with E-state index in [0.29, 0.717) is 22.4 Å². The monoisotopic (exact) mass is 328 g/mol. The number of nitrogens with zero attached hydrogens (tertiary/aromatic N) is 1. The van der Waals surface area contributed by atoms with Gasteiger partial charge in [0.25, 0.3) is 5.91 Å². The SMILES string of the molecule is NC(=O)c1cc(Cl)ccc1OCc1ncc(-c2ccccc2)o1. The molecule has 0 spiro atoms. The van der Waals surface area contributed by atoms with Gasteiger partial charge < -0.3 is 14.9 Å². The lowest BCUT2D eigenvalue weighted by molar-refractivity contribution is 0.0995. The van der Waals surface area contributed by atoms with Gasteiger partial charge in [-0.25, -0.2) is 4.98 Å². The van der Waals surface area contributed by atoms with Gasteiger partial charge in [0, 0.05) is 10.6 Å². The third-order valence-electron chi connectivity index (χ3n) is 3.17. The first-order valence-corrected chi connectivity index (χ1v) is 7.23. The van der Waals surface area contributed by atoms with Gasteiger partial charge in [0.2, 0.25) is 5.89 Å². The maximum atomic E-state index is 11.4. The molecular formula is C17H13ClN2O3. The van der Waals surface area contributed by atoms with E-state index >= 15 is 0 Å². The normalized spacial score (nSPS) is 10.5. The number of amides is 1. The molecule has 0 saturated heterocycles. The van der Waals surface area contributed by atoms with E-state index in [0.717, 1.165) is 5.56 Å². The Morgan fingerprint density at radius 3 is 2.74 bits per heavy atom. The minimum Gasteiger partial charge on any atom is -0.483 e. The molecule has 2 N–H and O–H groups in total. The summed E-state index contributed by atoms with van der Waals surface area (Å²) in [7, 11) is 0. The molecule has 0 aliphatic heterocycles. The molecule has 0 bridgehead atoms. The highest BCUT2D eigenvalue weighted by molar-refractivity contribution is 6.31. The molecule has 1 heterocycles. The quantitative estimate of drug-likeness (QED) is 0.775. The fraction of sp³-hybridized carbons (Fsp3) is 0.0588. The van der Waals surface area contributed by atoms with Gasteiger partial charge in [0.15, 0.2) is 12.4 Å². The van der Waals surface area contributed by atoms with Crippen molar-refractivity contribution in [1.29, 1.82) is 0 Å². The summed E-state index contributed by atoms with van der Waals surface area (Å²) >= 11 is 5.86. The van der Waals surface area contributed by atoms with Gasteiger partial charge >= 0.3 is 0 Å². The van der Waals surface area contributed by atoms with Gasteiger partial charge in [-0.15, -0.1) is 0 Å². The second-order valence-corrected chi connectivity index (χ2v) is 5.21. The van der Waals surface area contributed by atoms with Crippen LogP contribution in [0.15, 0.2) is 59.1 Å². The summed E-state index contributed by atoms with van der Waals surface area (Å²) in [5.74, 6) is 0.769. The molecule has 0 atom stereocenters. The number of benzene rings is 2. The number of hydrogen-bond acceptors (Lipinski definition) is 4. The lowest BCUT2D eigenvalue weighted by atomic mass is 10.2. The van der Waals surface area contributed by atoms with Crippen molar-refractivity contribution in [2.75, 3.05) is 0 Å². The first kappa shape index (κ1) is 15.1. The summed E-state index contributed by atoms with van der Waals surface area (Å²) in [5.41, 5.74) is 6.46. The van der Waals surface area contributed by atoms with Crippen LogP contribution in [0.4, 0.5) is 0 Å². The maximum Gasteiger partial charge on any atom is 0.252 e. The number of aromatic nitrogens is 1. The van der Waals surface area contributed by atoms with E-state index in [4.69, 9.17) is 26.5 Å². The number of hydrogen-bond donors (Lipinski definition) is 1. The molecule has 0 fully saturated rings. The van der Waals surface area contributed by atoms with Crippen LogP contribution in [0, 0.1) is 0 Å². The van der Waals surface area contributed by atoms with E-state index in [1.807, 2.05) is 30.3 Å². The van der Waals surface area contributed by atoms with Crippen LogP contribution >= 0.6 is 11.6 Å². The number of rotatable bonds is 5. The van der Waals surface area contributed by atoms with Gasteiger partial charge in [-0.3, -0.25) is 4.79 Å². The first-order chi connectivity index (χ1) is 11.1. The second kappa shape index (κ2) is 6.54. The highest BCUT2D eigenvalue weighted by atomic mass is 35.5. The van der Waals surface area contributed by atoms with E-state index in [9.17, 15) is 4.79 Å². The third-order valence-corrected chi connectivity index (χ3v) is 3.41. The van der Waals surface area contributed by atoms with Crippen LogP contribution in [-0.4, -0.2) is 10.9 Å². The number of carbonyl (C=O) groups is 1. The smallest absolute Gasteiger partial charge is 0.252 e. The van der Waals surface area contributed by atoms with E-state index in [-0.39, 0.29) is 12.2 Å². The molecule has 1 aromatic heterocycles. The Morgan fingerprint density at radius 1 is 1.22 bits per heavy atom. The minimum atomic E-state index is -0.611. The standard InChI is InChI=1S/C17H13ClN2O3/c18-12-6-7-14(13(8-12)17(19)21)22-10-16-20-9-15(23-16)11-4-2-1-3-5-11/h1-9H,10H2,(H2,19,21). The Kier molecular flexibility index (Phi) is 4.30. The lowest BCUT2D eigenvalue weighted by Crippen LogP contribution is -2.13. The Morgan fingerprint density at radius 2 is 2.00 bits per heavy atom. The molecule has 3 rings (SSSR count). The van der Waals surface area contributed by atoms with Gasteiger partial charge in [-0.2, -0.15) is 0 Å². The number of carbonyl (C=O) groups excluding carboxylic acids is 1. The molecule has 0 radical (unpaired) electrons. The summed E-state index contributed by atoms with van der Waals surface area (Å²) in [6, 6.07) is 14.3. The molecule has 1 amide bonds. The highest BCUT2D eigenvalue weighted by Gasteiger charge is 2.12. The van der Waals surface area contributed by atoms with Crippen molar-refractivity contribution in [3.8, 4) is 17.1 Å². The Balaban J connectivity index is 1.75. The van der Waals surface area contributed by atoms with Crippen LogP contribution in [0.5, 0.6) is 5.75 Å². The fourth-order valence-electron chi connectivity index (χ4n) is 2.07. The summed E-state index contributed by atoms with van der Waals surface area (Å²) in [4.78, 5) is 15.6. The average molecular weight is 329 g/mol. The molecule has 0 saturated carbocycles. The van der Waals surface area contributed by atoms with Crippen LogP contribution in [0.2, 0.25) is 5.02 Å². The average Bonchev–Trinajstić information content (AvgIpc) is 3.03. The Bertz CT molecular complexity index is 831. The number of ether oxygens (including phenoxy) is 1. The van der Waals surface area contributed by atoms with Crippen LogP contribution in [0.1, 0.15) is 16.2 Å². The number of halogens is 1. The van der Waals surface area contributed by atoms with E-state index in [2.05, 4.69) is 4.98 Å². The van der Waals surface area contributed by atoms with Crippen LogP contribution in [-0.2, 0) is 6.61 Å². The predicted molar refractivity (Wildman–Crippen MR) is 86.2 cm³/mol. The summed E-state index contributed by atoms with van der Waals surface area (Å²) in [6.07, 6.45) is 1.63. The fourth-order valence-corrected chi connectivity index (χ4v) is 2.25. The molecule has 2 aromatic carbocycles. The van der Waals surface area contributed by atoms with Crippen molar-refractivity contribution in [2.24, 2.45) is 5.73 Å². The van der Waals surface area contributed by atoms with Crippen molar-refractivity contribution in [3.05, 3.63) is 71.2 Å². The van der Waals surface area contributed by atoms with Crippen molar-refractivity contribution >= 4 is 17.5 Å². The maximum absolute atomic E-state index is 11.4. The third kappa shape index (κ3) is 3.52. The lowest BCUT2D eigenvalue weighted by Gasteiger charge is -2.08. The van der Waals surface area contributed by atoms with Crippen LogP contribution in [0.25, 0.3) is 11.3 Å². The van der Waals surface area contributed by atoms with Crippen LogP contribution < -0.4 is 10.5 Å². The van der Waals surface area contributed by atoms with Gasteiger partial charge in [-0.1, -0.05) is 41.9 Å². The zero-order valence-electron chi connectivity index (χ0n) is 12.0. The summed E-state index contributed by atoms with van der Waals surface area (Å²) in [6.45, 7) is 0.0781. The van der Waals surface area contributed by atoms with Crippen molar-refractivity contribution in [1.82, 2.24) is 4.98 Å². The molecule has 3 aromatic rings. The zero-order valence-corrected chi connectivity index (χ0v) is 12.8. The van der Waals surface area contributed by atoms with E-state index in [1.165, 1.54) is 6.07 Å². The Labute approximate surface area is 137 Å². The molecule has 23 heavy (non-hydrogen) atoms.